The number of benzene rings is 1. The Kier molecular flexibility index (Phi) is 5.18. The number of hydrogen-bond donors (Lipinski definition) is 2. The predicted molar refractivity (Wildman–Crippen MR) is 78.4 cm³/mol. The first kappa shape index (κ1) is 14.6. The Bertz CT molecular complexity index is 459. The van der Waals surface area contributed by atoms with E-state index >= 15 is 0 Å². The van der Waals surface area contributed by atoms with Crippen LogP contribution in [0.2, 0.25) is 0 Å². The van der Waals surface area contributed by atoms with Crippen molar-refractivity contribution >= 4 is 12.0 Å². The maximum Gasteiger partial charge on any atom is 0.244 e. The lowest BCUT2D eigenvalue weighted by Gasteiger charge is -2.25. The van der Waals surface area contributed by atoms with E-state index in [2.05, 4.69) is 5.32 Å². The minimum atomic E-state index is -0.196. The van der Waals surface area contributed by atoms with Crippen LogP contribution in [0.15, 0.2) is 30.3 Å². The van der Waals surface area contributed by atoms with Gasteiger partial charge in [0.2, 0.25) is 5.91 Å². The van der Waals surface area contributed by atoms with Crippen LogP contribution >= 0.6 is 0 Å². The number of rotatable bonds is 4. The second-order valence-electron chi connectivity index (χ2n) is 5.12. The highest BCUT2D eigenvalue weighted by Crippen LogP contribution is 2.18. The van der Waals surface area contributed by atoms with Crippen molar-refractivity contribution in [2.24, 2.45) is 0 Å². The number of methoxy groups -OCH3 is 1. The third-order valence-corrected chi connectivity index (χ3v) is 3.59. The van der Waals surface area contributed by atoms with Gasteiger partial charge in [0.15, 0.2) is 0 Å². The fraction of sp³-hybridized carbons (Fsp3) is 0.438. The van der Waals surface area contributed by atoms with Gasteiger partial charge in [-0.15, -0.1) is 0 Å². The molecule has 0 saturated heterocycles. The van der Waals surface area contributed by atoms with Crippen molar-refractivity contribution in [1.82, 2.24) is 5.32 Å². The molecule has 0 radical (unpaired) electrons. The zero-order valence-electron chi connectivity index (χ0n) is 11.7. The van der Waals surface area contributed by atoms with E-state index in [1.807, 2.05) is 24.3 Å². The molecule has 1 saturated carbocycles. The van der Waals surface area contributed by atoms with Gasteiger partial charge in [-0.2, -0.15) is 0 Å². The topological polar surface area (TPSA) is 58.6 Å². The molecular formula is C16H21NO3. The molecule has 0 aliphatic heterocycles. The fourth-order valence-corrected chi connectivity index (χ4v) is 2.36. The number of carbonyl (C=O) groups is 1. The first-order valence-electron chi connectivity index (χ1n) is 6.98. The highest BCUT2D eigenvalue weighted by atomic mass is 16.5. The first-order chi connectivity index (χ1) is 9.67. The van der Waals surface area contributed by atoms with Crippen LogP contribution < -0.4 is 10.1 Å². The summed E-state index contributed by atoms with van der Waals surface area (Å²) in [5, 5.41) is 12.4. The number of nitrogens with one attached hydrogen (secondary N) is 1. The van der Waals surface area contributed by atoms with E-state index in [0.29, 0.717) is 0 Å². The van der Waals surface area contributed by atoms with Crippen molar-refractivity contribution in [3.05, 3.63) is 35.9 Å². The largest absolute Gasteiger partial charge is 0.497 e. The summed E-state index contributed by atoms with van der Waals surface area (Å²) >= 11 is 0. The number of aliphatic hydroxyl groups excluding tert-OH is 1. The van der Waals surface area contributed by atoms with Gasteiger partial charge < -0.3 is 15.2 Å². The van der Waals surface area contributed by atoms with Crippen molar-refractivity contribution in [3.63, 3.8) is 0 Å². The molecule has 108 valence electrons. The van der Waals surface area contributed by atoms with E-state index in [9.17, 15) is 9.90 Å². The quantitative estimate of drug-likeness (QED) is 0.828. The van der Waals surface area contributed by atoms with Crippen molar-refractivity contribution in [3.8, 4) is 5.75 Å². The maximum absolute atomic E-state index is 11.8. The summed E-state index contributed by atoms with van der Waals surface area (Å²) < 4.78 is 5.08. The van der Waals surface area contributed by atoms with Gasteiger partial charge >= 0.3 is 0 Å². The molecule has 1 aromatic carbocycles. The van der Waals surface area contributed by atoms with E-state index in [0.717, 1.165) is 37.0 Å². The average molecular weight is 275 g/mol. The summed E-state index contributed by atoms with van der Waals surface area (Å²) in [6.07, 6.45) is 6.38. The average Bonchev–Trinajstić information content (AvgIpc) is 2.48. The number of aliphatic hydroxyl groups is 1. The van der Waals surface area contributed by atoms with Crippen LogP contribution in [0.1, 0.15) is 31.2 Å². The lowest BCUT2D eigenvalue weighted by Crippen LogP contribution is -2.37. The molecule has 2 N–H and O–H groups in total. The molecule has 0 atom stereocenters. The van der Waals surface area contributed by atoms with Gasteiger partial charge in [-0.3, -0.25) is 4.79 Å². The predicted octanol–water partition coefficient (Wildman–Crippen LogP) is 2.13. The third kappa shape index (κ3) is 4.38. The molecule has 1 aliphatic rings. The van der Waals surface area contributed by atoms with Gasteiger partial charge in [0.05, 0.1) is 13.2 Å². The molecule has 0 spiro atoms. The minimum absolute atomic E-state index is 0.0813. The Hall–Kier alpha value is -1.81. The summed E-state index contributed by atoms with van der Waals surface area (Å²) in [4.78, 5) is 11.8. The molecule has 20 heavy (non-hydrogen) atoms. The number of carbonyl (C=O) groups excluding carboxylic acids is 1. The number of ether oxygens (including phenoxy) is 1. The Morgan fingerprint density at radius 2 is 1.90 bits per heavy atom. The van der Waals surface area contributed by atoms with Crippen molar-refractivity contribution < 1.29 is 14.6 Å². The molecule has 2 rings (SSSR count). The van der Waals surface area contributed by atoms with Crippen molar-refractivity contribution in [1.29, 1.82) is 0 Å². The molecule has 0 heterocycles. The molecule has 4 heteroatoms. The molecular weight excluding hydrogens is 254 g/mol. The highest BCUT2D eigenvalue weighted by molar-refractivity contribution is 5.91. The molecule has 1 aromatic rings. The lowest BCUT2D eigenvalue weighted by molar-refractivity contribution is -0.117. The summed E-state index contributed by atoms with van der Waals surface area (Å²) in [6.45, 7) is 0. The van der Waals surface area contributed by atoms with E-state index < -0.39 is 0 Å². The van der Waals surface area contributed by atoms with E-state index in [4.69, 9.17) is 4.74 Å². The smallest absolute Gasteiger partial charge is 0.244 e. The molecule has 0 unspecified atom stereocenters. The third-order valence-electron chi connectivity index (χ3n) is 3.59. The Morgan fingerprint density at radius 1 is 1.25 bits per heavy atom. The van der Waals surface area contributed by atoms with Crippen LogP contribution in [0, 0.1) is 0 Å². The number of hydrogen-bond acceptors (Lipinski definition) is 3. The first-order valence-corrected chi connectivity index (χ1v) is 6.98. The molecule has 0 aromatic heterocycles. The standard InChI is InChI=1S/C16H21NO3/c1-20-15-9-2-12(3-10-15)4-11-16(19)17-13-5-7-14(18)8-6-13/h2-4,9-11,13-14,18H,5-8H2,1H3,(H,17,19)/b11-4+. The van der Waals surface area contributed by atoms with Crippen LogP contribution in [-0.2, 0) is 4.79 Å². The zero-order valence-corrected chi connectivity index (χ0v) is 11.7. The van der Waals surface area contributed by atoms with Crippen LogP contribution in [0.4, 0.5) is 0 Å². The second kappa shape index (κ2) is 7.10. The monoisotopic (exact) mass is 275 g/mol. The summed E-state index contributed by atoms with van der Waals surface area (Å²) in [5.74, 6) is 0.717. The van der Waals surface area contributed by atoms with Gasteiger partial charge in [-0.25, -0.2) is 0 Å². The lowest BCUT2D eigenvalue weighted by atomic mass is 9.93. The number of amides is 1. The Morgan fingerprint density at radius 3 is 2.50 bits per heavy atom. The van der Waals surface area contributed by atoms with Gasteiger partial charge in [-0.05, 0) is 49.5 Å². The van der Waals surface area contributed by atoms with E-state index in [-0.39, 0.29) is 18.1 Å². The molecule has 1 aliphatic carbocycles. The highest BCUT2D eigenvalue weighted by Gasteiger charge is 2.19. The van der Waals surface area contributed by atoms with Gasteiger partial charge in [0, 0.05) is 12.1 Å². The van der Waals surface area contributed by atoms with Crippen LogP contribution in [-0.4, -0.2) is 30.3 Å². The van der Waals surface area contributed by atoms with Crippen LogP contribution in [0.3, 0.4) is 0 Å². The van der Waals surface area contributed by atoms with Crippen molar-refractivity contribution in [2.45, 2.75) is 37.8 Å². The summed E-state index contributed by atoms with van der Waals surface area (Å²) in [7, 11) is 1.62. The minimum Gasteiger partial charge on any atom is -0.497 e. The molecule has 4 nitrogen and oxygen atoms in total. The fourth-order valence-electron chi connectivity index (χ4n) is 2.36. The second-order valence-corrected chi connectivity index (χ2v) is 5.12. The van der Waals surface area contributed by atoms with Gasteiger partial charge in [-0.1, -0.05) is 12.1 Å². The Labute approximate surface area is 119 Å². The van der Waals surface area contributed by atoms with E-state index in [1.165, 1.54) is 0 Å². The Balaban J connectivity index is 1.82. The molecule has 0 bridgehead atoms. The molecule has 1 fully saturated rings. The van der Waals surface area contributed by atoms with Gasteiger partial charge in [0.25, 0.3) is 0 Å². The SMILES string of the molecule is COc1ccc(/C=C/C(=O)NC2CCC(O)CC2)cc1. The normalized spacial score (nSPS) is 22.7. The van der Waals surface area contributed by atoms with Crippen molar-refractivity contribution in [2.75, 3.05) is 7.11 Å². The maximum atomic E-state index is 11.8. The summed E-state index contributed by atoms with van der Waals surface area (Å²) in [6, 6.07) is 7.71. The van der Waals surface area contributed by atoms with E-state index in [1.54, 1.807) is 19.3 Å². The van der Waals surface area contributed by atoms with Crippen LogP contribution in [0.25, 0.3) is 6.08 Å². The van der Waals surface area contributed by atoms with Crippen LogP contribution in [0.5, 0.6) is 5.75 Å². The summed E-state index contributed by atoms with van der Waals surface area (Å²) in [5.41, 5.74) is 0.958. The zero-order chi connectivity index (χ0) is 14.4. The molecule has 1 amide bonds. The van der Waals surface area contributed by atoms with Gasteiger partial charge in [0.1, 0.15) is 5.75 Å².